The van der Waals surface area contributed by atoms with Crippen LogP contribution < -0.4 is 9.47 Å². The first kappa shape index (κ1) is 14.7. The summed E-state index contributed by atoms with van der Waals surface area (Å²) in [4.78, 5) is 9.95. The van der Waals surface area contributed by atoms with Gasteiger partial charge in [0.05, 0.1) is 31.1 Å². The molecule has 2 aromatic heterocycles. The number of hydrogen-bond acceptors (Lipinski definition) is 5. The number of benzene rings is 1. The first-order valence-corrected chi connectivity index (χ1v) is 8.74. The monoisotopic (exact) mass is 391 g/mol. The summed E-state index contributed by atoms with van der Waals surface area (Å²) in [6, 6.07) is 4.11. The molecule has 23 heavy (non-hydrogen) atoms. The number of thiazole rings is 1. The number of hydrogen-bond donors (Lipinski definition) is 0. The average Bonchev–Trinajstić information content (AvgIpc) is 3.19. The Morgan fingerprint density at radius 3 is 2.65 bits per heavy atom. The fourth-order valence-corrected chi connectivity index (χ4v) is 4.23. The number of halogens is 1. The van der Waals surface area contributed by atoms with Crippen LogP contribution in [0.1, 0.15) is 5.56 Å². The van der Waals surface area contributed by atoms with E-state index in [0.29, 0.717) is 0 Å². The molecule has 0 aliphatic carbocycles. The van der Waals surface area contributed by atoms with Gasteiger partial charge in [0.25, 0.3) is 0 Å². The summed E-state index contributed by atoms with van der Waals surface area (Å²) < 4.78 is 14.0. The fourth-order valence-electron chi connectivity index (χ4n) is 2.97. The Kier molecular flexibility index (Phi) is 3.61. The van der Waals surface area contributed by atoms with Crippen molar-refractivity contribution in [1.29, 1.82) is 0 Å². The summed E-state index contributed by atoms with van der Waals surface area (Å²) in [5, 5.41) is 0. The minimum atomic E-state index is 0.734. The molecule has 1 aromatic carbocycles. The highest BCUT2D eigenvalue weighted by atomic mass is 79.9. The maximum absolute atomic E-state index is 5.47. The molecule has 0 atom stereocenters. The van der Waals surface area contributed by atoms with Crippen LogP contribution in [0.3, 0.4) is 0 Å². The molecule has 0 saturated heterocycles. The molecule has 0 bridgehead atoms. The van der Waals surface area contributed by atoms with Crippen LogP contribution in [0.5, 0.6) is 11.5 Å². The third-order valence-electron chi connectivity index (χ3n) is 4.04. The van der Waals surface area contributed by atoms with E-state index in [1.807, 2.05) is 18.6 Å². The van der Waals surface area contributed by atoms with Crippen LogP contribution in [0.4, 0.5) is 0 Å². The molecule has 3 heterocycles. The van der Waals surface area contributed by atoms with E-state index in [4.69, 9.17) is 9.47 Å². The SMILES string of the molecule is COc1cc2c(cc1OC)-c1c(-c3cnc(Br)s3)ncn1CC2. The third kappa shape index (κ3) is 2.35. The van der Waals surface area contributed by atoms with E-state index in [1.54, 1.807) is 25.6 Å². The van der Waals surface area contributed by atoms with Gasteiger partial charge in [-0.2, -0.15) is 0 Å². The van der Waals surface area contributed by atoms with Crippen LogP contribution in [-0.2, 0) is 13.0 Å². The highest BCUT2D eigenvalue weighted by molar-refractivity contribution is 9.11. The zero-order valence-electron chi connectivity index (χ0n) is 12.7. The lowest BCUT2D eigenvalue weighted by Gasteiger charge is -2.21. The molecule has 0 unspecified atom stereocenters. The molecule has 3 aromatic rings. The van der Waals surface area contributed by atoms with Gasteiger partial charge in [-0.15, -0.1) is 11.3 Å². The normalized spacial score (nSPS) is 12.7. The van der Waals surface area contributed by atoms with Gasteiger partial charge in [-0.25, -0.2) is 9.97 Å². The van der Waals surface area contributed by atoms with Crippen LogP contribution in [0, 0.1) is 0 Å². The van der Waals surface area contributed by atoms with Crippen molar-refractivity contribution in [2.24, 2.45) is 0 Å². The number of aromatic nitrogens is 3. The Morgan fingerprint density at radius 2 is 1.96 bits per heavy atom. The number of imidazole rings is 1. The van der Waals surface area contributed by atoms with E-state index in [9.17, 15) is 0 Å². The Bertz CT molecular complexity index is 888. The van der Waals surface area contributed by atoms with Crippen molar-refractivity contribution in [3.8, 4) is 33.3 Å². The van der Waals surface area contributed by atoms with Crippen LogP contribution in [-0.4, -0.2) is 28.8 Å². The zero-order valence-corrected chi connectivity index (χ0v) is 15.1. The standard InChI is InChI=1S/C16H14BrN3O2S/c1-21-11-5-9-3-4-20-8-19-14(13-7-18-16(17)23-13)15(20)10(9)6-12(11)22-2/h5-8H,3-4H2,1-2H3. The topological polar surface area (TPSA) is 49.2 Å². The van der Waals surface area contributed by atoms with Crippen LogP contribution >= 0.6 is 27.3 Å². The van der Waals surface area contributed by atoms with Gasteiger partial charge in [0.2, 0.25) is 0 Å². The van der Waals surface area contributed by atoms with Crippen LogP contribution in [0.2, 0.25) is 0 Å². The third-order valence-corrected chi connectivity index (χ3v) is 5.52. The number of nitrogens with zero attached hydrogens (tertiary/aromatic N) is 3. The van der Waals surface area contributed by atoms with Crippen molar-refractivity contribution >= 4 is 27.3 Å². The molecule has 1 aliphatic rings. The van der Waals surface area contributed by atoms with Gasteiger partial charge in [0.1, 0.15) is 5.69 Å². The number of methoxy groups -OCH3 is 2. The molecule has 0 N–H and O–H groups in total. The smallest absolute Gasteiger partial charge is 0.161 e. The number of aryl methyl sites for hydroxylation is 2. The van der Waals surface area contributed by atoms with E-state index >= 15 is 0 Å². The summed E-state index contributed by atoms with van der Waals surface area (Å²) in [5.74, 6) is 1.50. The quantitative estimate of drug-likeness (QED) is 0.676. The predicted molar refractivity (Wildman–Crippen MR) is 93.3 cm³/mol. The summed E-state index contributed by atoms with van der Waals surface area (Å²) in [6.07, 6.45) is 4.70. The number of ether oxygens (including phenoxy) is 2. The van der Waals surface area contributed by atoms with Crippen molar-refractivity contribution in [3.63, 3.8) is 0 Å². The maximum atomic E-state index is 5.47. The Labute approximate surface area is 146 Å². The molecular formula is C16H14BrN3O2S. The molecule has 118 valence electrons. The highest BCUT2D eigenvalue weighted by Gasteiger charge is 2.24. The molecule has 0 fully saturated rings. The average molecular weight is 392 g/mol. The Balaban J connectivity index is 1.93. The van der Waals surface area contributed by atoms with Crippen molar-refractivity contribution in [2.75, 3.05) is 14.2 Å². The second kappa shape index (κ2) is 5.65. The molecule has 0 spiro atoms. The fraction of sp³-hybridized carbons (Fsp3) is 0.250. The lowest BCUT2D eigenvalue weighted by atomic mass is 9.96. The maximum Gasteiger partial charge on any atom is 0.161 e. The van der Waals surface area contributed by atoms with Gasteiger partial charge >= 0.3 is 0 Å². The summed E-state index contributed by atoms with van der Waals surface area (Å²) in [7, 11) is 3.32. The van der Waals surface area contributed by atoms with E-state index in [-0.39, 0.29) is 0 Å². The summed E-state index contributed by atoms with van der Waals surface area (Å²) in [5.41, 5.74) is 4.47. The van der Waals surface area contributed by atoms with Crippen LogP contribution in [0.15, 0.2) is 28.6 Å². The number of fused-ring (bicyclic) bond motifs is 3. The van der Waals surface area contributed by atoms with Crippen molar-refractivity contribution in [2.45, 2.75) is 13.0 Å². The van der Waals surface area contributed by atoms with Crippen molar-refractivity contribution in [1.82, 2.24) is 14.5 Å². The summed E-state index contributed by atoms with van der Waals surface area (Å²) >= 11 is 5.01. The number of rotatable bonds is 3. The largest absolute Gasteiger partial charge is 0.493 e. The van der Waals surface area contributed by atoms with E-state index < -0.39 is 0 Å². The molecule has 5 nitrogen and oxygen atoms in total. The second-order valence-corrected chi connectivity index (χ2v) is 7.53. The molecular weight excluding hydrogens is 378 g/mol. The van der Waals surface area contributed by atoms with E-state index in [0.717, 1.165) is 50.2 Å². The lowest BCUT2D eigenvalue weighted by molar-refractivity contribution is 0.354. The molecule has 7 heteroatoms. The predicted octanol–water partition coefficient (Wildman–Crippen LogP) is 4.01. The van der Waals surface area contributed by atoms with E-state index in [1.165, 1.54) is 5.56 Å². The Hall–Kier alpha value is -1.86. The van der Waals surface area contributed by atoms with Gasteiger partial charge in [-0.3, -0.25) is 0 Å². The second-order valence-electron chi connectivity index (χ2n) is 5.23. The molecule has 0 radical (unpaired) electrons. The molecule has 1 aliphatic heterocycles. The minimum absolute atomic E-state index is 0.734. The van der Waals surface area contributed by atoms with Gasteiger partial charge in [0.15, 0.2) is 15.4 Å². The first-order valence-electron chi connectivity index (χ1n) is 7.13. The van der Waals surface area contributed by atoms with Gasteiger partial charge < -0.3 is 14.0 Å². The lowest BCUT2D eigenvalue weighted by Crippen LogP contribution is -2.10. The highest BCUT2D eigenvalue weighted by Crippen LogP contribution is 2.43. The molecule has 0 amide bonds. The van der Waals surface area contributed by atoms with Crippen molar-refractivity contribution in [3.05, 3.63) is 34.1 Å². The van der Waals surface area contributed by atoms with Gasteiger partial charge in [-0.1, -0.05) is 0 Å². The molecule has 0 saturated carbocycles. The van der Waals surface area contributed by atoms with Gasteiger partial charge in [-0.05, 0) is 40.0 Å². The van der Waals surface area contributed by atoms with Crippen molar-refractivity contribution < 1.29 is 9.47 Å². The zero-order chi connectivity index (χ0) is 16.0. The first-order chi connectivity index (χ1) is 11.2. The van der Waals surface area contributed by atoms with E-state index in [2.05, 4.69) is 36.5 Å². The molecule has 4 rings (SSSR count). The van der Waals surface area contributed by atoms with Crippen LogP contribution in [0.25, 0.3) is 21.8 Å². The van der Waals surface area contributed by atoms with Gasteiger partial charge in [0, 0.05) is 18.3 Å². The minimum Gasteiger partial charge on any atom is -0.493 e. The summed E-state index contributed by atoms with van der Waals surface area (Å²) in [6.45, 7) is 0.908. The Morgan fingerprint density at radius 1 is 1.17 bits per heavy atom.